The molecule has 0 bridgehead atoms. The molecule has 0 radical (unpaired) electrons. The van der Waals surface area contributed by atoms with Crippen molar-refractivity contribution in [1.29, 1.82) is 0 Å². The minimum absolute atomic E-state index is 0.00805. The molecule has 0 fully saturated rings. The van der Waals surface area contributed by atoms with Crippen LogP contribution in [0.4, 0.5) is 8.78 Å². The lowest BCUT2D eigenvalue weighted by Gasteiger charge is -2.16. The van der Waals surface area contributed by atoms with Crippen LogP contribution in [0.3, 0.4) is 0 Å². The van der Waals surface area contributed by atoms with Gasteiger partial charge in [0, 0.05) is 18.0 Å². The lowest BCUT2D eigenvalue weighted by atomic mass is 9.96. The van der Waals surface area contributed by atoms with Crippen LogP contribution < -0.4 is 10.1 Å². The minimum Gasteiger partial charge on any atom is -0.435 e. The molecule has 5 heteroatoms. The molecule has 1 N–H and O–H groups in total. The van der Waals surface area contributed by atoms with E-state index < -0.39 is 6.61 Å². The van der Waals surface area contributed by atoms with E-state index in [1.807, 2.05) is 30.3 Å². The molecule has 1 atom stereocenters. The van der Waals surface area contributed by atoms with Gasteiger partial charge in [-0.15, -0.1) is 0 Å². The van der Waals surface area contributed by atoms with Crippen LogP contribution in [-0.4, -0.2) is 19.1 Å². The number of rotatable bonds is 8. The molecule has 0 aliphatic carbocycles. The summed E-state index contributed by atoms with van der Waals surface area (Å²) in [6.07, 6.45) is 0.906. The van der Waals surface area contributed by atoms with Crippen molar-refractivity contribution in [1.82, 2.24) is 5.32 Å². The monoisotopic (exact) mass is 333 g/mol. The fraction of sp³-hybridized carbons (Fsp3) is 0.316. The van der Waals surface area contributed by atoms with Gasteiger partial charge in [-0.05, 0) is 18.1 Å². The Hall–Kier alpha value is -2.43. The summed E-state index contributed by atoms with van der Waals surface area (Å²) in [5.74, 6) is 0.0511. The fourth-order valence-electron chi connectivity index (χ4n) is 2.56. The molecule has 0 spiro atoms. The van der Waals surface area contributed by atoms with Gasteiger partial charge in [-0.3, -0.25) is 4.79 Å². The summed E-state index contributed by atoms with van der Waals surface area (Å²) in [5.41, 5.74) is 1.62. The minimum atomic E-state index is -2.91. The van der Waals surface area contributed by atoms with Crippen LogP contribution in [0.25, 0.3) is 0 Å². The molecule has 128 valence electrons. The Balaban J connectivity index is 1.94. The van der Waals surface area contributed by atoms with Crippen LogP contribution >= 0.6 is 0 Å². The smallest absolute Gasteiger partial charge is 0.387 e. The molecule has 1 unspecified atom stereocenters. The first-order valence-corrected chi connectivity index (χ1v) is 7.94. The van der Waals surface area contributed by atoms with E-state index in [1.165, 1.54) is 11.6 Å². The van der Waals surface area contributed by atoms with Crippen molar-refractivity contribution in [3.8, 4) is 5.75 Å². The van der Waals surface area contributed by atoms with Crippen molar-refractivity contribution in [2.75, 3.05) is 6.54 Å². The van der Waals surface area contributed by atoms with Crippen molar-refractivity contribution >= 4 is 5.91 Å². The molecule has 24 heavy (non-hydrogen) atoms. The van der Waals surface area contributed by atoms with E-state index in [-0.39, 0.29) is 24.0 Å². The first-order valence-electron chi connectivity index (χ1n) is 7.94. The number of ether oxygens (including phenoxy) is 1. The van der Waals surface area contributed by atoms with E-state index in [4.69, 9.17) is 0 Å². The number of alkyl halides is 2. The predicted molar refractivity (Wildman–Crippen MR) is 89.3 cm³/mol. The summed E-state index contributed by atoms with van der Waals surface area (Å²) in [6, 6.07) is 16.3. The second-order valence-corrected chi connectivity index (χ2v) is 5.48. The summed E-state index contributed by atoms with van der Waals surface area (Å²) in [7, 11) is 0. The average molecular weight is 333 g/mol. The van der Waals surface area contributed by atoms with Gasteiger partial charge >= 0.3 is 6.61 Å². The fourth-order valence-corrected chi connectivity index (χ4v) is 2.56. The lowest BCUT2D eigenvalue weighted by Crippen LogP contribution is -2.29. The van der Waals surface area contributed by atoms with Gasteiger partial charge in [0.2, 0.25) is 5.91 Å². The molecule has 1 amide bonds. The second-order valence-electron chi connectivity index (χ2n) is 5.48. The standard InChI is InChI=1S/C19H21F2NO2/c1-2-14(15-8-4-3-5-9-15)13-22-18(23)12-16-10-6-7-11-17(16)24-19(20)21/h3-11,14,19H,2,12-13H2,1H3,(H,22,23). The quantitative estimate of drug-likeness (QED) is 0.788. The topological polar surface area (TPSA) is 38.3 Å². The average Bonchev–Trinajstić information content (AvgIpc) is 2.58. The third kappa shape index (κ3) is 5.33. The van der Waals surface area contributed by atoms with E-state index in [2.05, 4.69) is 17.0 Å². The largest absolute Gasteiger partial charge is 0.435 e. The van der Waals surface area contributed by atoms with E-state index in [0.29, 0.717) is 12.1 Å². The lowest BCUT2D eigenvalue weighted by molar-refractivity contribution is -0.120. The summed E-state index contributed by atoms with van der Waals surface area (Å²) >= 11 is 0. The maximum Gasteiger partial charge on any atom is 0.387 e. The van der Waals surface area contributed by atoms with Crippen molar-refractivity contribution < 1.29 is 18.3 Å². The molecule has 0 aliphatic rings. The molecule has 0 aromatic heterocycles. The number of benzene rings is 2. The zero-order chi connectivity index (χ0) is 17.4. The van der Waals surface area contributed by atoms with Gasteiger partial charge in [-0.25, -0.2) is 0 Å². The number of carbonyl (C=O) groups excluding carboxylic acids is 1. The molecule has 0 heterocycles. The van der Waals surface area contributed by atoms with E-state index in [9.17, 15) is 13.6 Å². The van der Waals surface area contributed by atoms with Gasteiger partial charge in [0.15, 0.2) is 0 Å². The third-order valence-corrected chi connectivity index (χ3v) is 3.85. The molecule has 2 aromatic carbocycles. The highest BCUT2D eigenvalue weighted by atomic mass is 19.3. The van der Waals surface area contributed by atoms with Gasteiger partial charge in [0.1, 0.15) is 5.75 Å². The molecule has 2 aromatic rings. The van der Waals surface area contributed by atoms with Crippen molar-refractivity contribution in [3.63, 3.8) is 0 Å². The Morgan fingerprint density at radius 2 is 1.75 bits per heavy atom. The first kappa shape index (κ1) is 17.9. The third-order valence-electron chi connectivity index (χ3n) is 3.85. The molecular weight excluding hydrogens is 312 g/mol. The summed E-state index contributed by atoms with van der Waals surface area (Å²) in [5, 5.41) is 2.88. The zero-order valence-electron chi connectivity index (χ0n) is 13.5. The normalized spacial score (nSPS) is 12.0. The molecule has 3 nitrogen and oxygen atoms in total. The van der Waals surface area contributed by atoms with Crippen LogP contribution in [0.2, 0.25) is 0 Å². The number of nitrogens with one attached hydrogen (secondary N) is 1. The van der Waals surface area contributed by atoms with E-state index in [0.717, 1.165) is 6.42 Å². The van der Waals surface area contributed by atoms with E-state index >= 15 is 0 Å². The Bertz CT molecular complexity index is 647. The molecule has 0 saturated carbocycles. The Morgan fingerprint density at radius 1 is 1.08 bits per heavy atom. The zero-order valence-corrected chi connectivity index (χ0v) is 13.5. The Labute approximate surface area is 140 Å². The van der Waals surface area contributed by atoms with Crippen molar-refractivity contribution in [2.45, 2.75) is 32.3 Å². The Kier molecular flexibility index (Phi) is 6.73. The number of halogens is 2. The molecule has 0 saturated heterocycles. The van der Waals surface area contributed by atoms with Gasteiger partial charge in [0.05, 0.1) is 6.42 Å². The highest BCUT2D eigenvalue weighted by Gasteiger charge is 2.14. The maximum atomic E-state index is 12.4. The number of amides is 1. The SMILES string of the molecule is CCC(CNC(=O)Cc1ccccc1OC(F)F)c1ccccc1. The summed E-state index contributed by atoms with van der Waals surface area (Å²) in [4.78, 5) is 12.1. The van der Waals surface area contributed by atoms with Crippen molar-refractivity contribution in [2.24, 2.45) is 0 Å². The molecular formula is C19H21F2NO2. The van der Waals surface area contributed by atoms with Gasteiger partial charge in [0.25, 0.3) is 0 Å². The molecule has 0 aliphatic heterocycles. The highest BCUT2D eigenvalue weighted by Crippen LogP contribution is 2.21. The maximum absolute atomic E-state index is 12.4. The Morgan fingerprint density at radius 3 is 2.42 bits per heavy atom. The van der Waals surface area contributed by atoms with Crippen LogP contribution in [0.5, 0.6) is 5.75 Å². The number of hydrogen-bond acceptors (Lipinski definition) is 2. The van der Waals surface area contributed by atoms with Crippen molar-refractivity contribution in [3.05, 3.63) is 65.7 Å². The van der Waals surface area contributed by atoms with Gasteiger partial charge < -0.3 is 10.1 Å². The second kappa shape index (κ2) is 9.01. The van der Waals surface area contributed by atoms with Crippen LogP contribution in [0.1, 0.15) is 30.4 Å². The summed E-state index contributed by atoms with van der Waals surface area (Å²) < 4.78 is 29.3. The number of hydrogen-bond donors (Lipinski definition) is 1. The first-order chi connectivity index (χ1) is 11.6. The van der Waals surface area contributed by atoms with Crippen LogP contribution in [0.15, 0.2) is 54.6 Å². The van der Waals surface area contributed by atoms with Crippen LogP contribution in [-0.2, 0) is 11.2 Å². The predicted octanol–water partition coefficient (Wildman–Crippen LogP) is 4.14. The molecule has 2 rings (SSSR count). The van der Waals surface area contributed by atoms with Crippen LogP contribution in [0, 0.1) is 0 Å². The highest BCUT2D eigenvalue weighted by molar-refractivity contribution is 5.79. The summed E-state index contributed by atoms with van der Waals surface area (Å²) in [6.45, 7) is -0.330. The number of para-hydroxylation sites is 1. The van der Waals surface area contributed by atoms with Gasteiger partial charge in [-0.1, -0.05) is 55.5 Å². The number of carbonyl (C=O) groups is 1. The van der Waals surface area contributed by atoms with Gasteiger partial charge in [-0.2, -0.15) is 8.78 Å². The van der Waals surface area contributed by atoms with E-state index in [1.54, 1.807) is 18.2 Å².